The highest BCUT2D eigenvalue weighted by Gasteiger charge is 2.24. The maximum absolute atomic E-state index is 13.3. The third-order valence-electron chi connectivity index (χ3n) is 5.62. The Hall–Kier alpha value is -2.25. The number of hydrogen-bond donors (Lipinski definition) is 0. The molecule has 1 aromatic carbocycles. The topological polar surface area (TPSA) is 65.1 Å². The molecule has 1 saturated heterocycles. The van der Waals surface area contributed by atoms with Gasteiger partial charge in [0.1, 0.15) is 0 Å². The zero-order valence-electron chi connectivity index (χ0n) is 16.7. The average Bonchev–Trinajstić information content (AvgIpc) is 3.02. The number of nitrogens with zero attached hydrogens (tertiary/aromatic N) is 5. The first kappa shape index (κ1) is 20.0. The van der Waals surface area contributed by atoms with Crippen molar-refractivity contribution in [2.45, 2.75) is 26.3 Å². The van der Waals surface area contributed by atoms with Gasteiger partial charge < -0.3 is 9.47 Å². The fourth-order valence-corrected chi connectivity index (χ4v) is 4.51. The molecule has 7 nitrogen and oxygen atoms in total. The molecule has 1 atom stereocenters. The van der Waals surface area contributed by atoms with Gasteiger partial charge in [0, 0.05) is 37.2 Å². The molecule has 9 heteroatoms. The normalized spacial score (nSPS) is 17.3. The molecule has 0 saturated carbocycles. The molecule has 3 aromatic rings. The molecule has 1 aliphatic rings. The second-order valence-electron chi connectivity index (χ2n) is 7.81. The maximum Gasteiger partial charge on any atom is 0.332 e. The molecule has 0 aliphatic carbocycles. The summed E-state index contributed by atoms with van der Waals surface area (Å²) in [7, 11) is 3.47. The molecule has 0 unspecified atom stereocenters. The first-order chi connectivity index (χ1) is 13.8. The van der Waals surface area contributed by atoms with Crippen molar-refractivity contribution < 1.29 is 0 Å². The lowest BCUT2D eigenvalue weighted by Gasteiger charge is -2.31. The summed E-state index contributed by atoms with van der Waals surface area (Å²) in [6, 6.07) is 5.02. The van der Waals surface area contributed by atoms with Crippen molar-refractivity contribution in [3.8, 4) is 0 Å². The maximum atomic E-state index is 13.3. The Labute approximate surface area is 178 Å². The summed E-state index contributed by atoms with van der Waals surface area (Å²) in [5, 5.41) is 0.918. The van der Waals surface area contributed by atoms with Crippen LogP contribution in [-0.4, -0.2) is 31.8 Å². The number of piperidine rings is 1. The number of hydrogen-bond acceptors (Lipinski definition) is 4. The van der Waals surface area contributed by atoms with E-state index in [1.165, 1.54) is 15.6 Å². The summed E-state index contributed by atoms with van der Waals surface area (Å²) in [5.74, 6) is 1.29. The van der Waals surface area contributed by atoms with Crippen LogP contribution in [0.15, 0.2) is 27.8 Å². The first-order valence-corrected chi connectivity index (χ1v) is 10.4. The van der Waals surface area contributed by atoms with Gasteiger partial charge in [-0.2, -0.15) is 4.98 Å². The molecule has 1 aliphatic heterocycles. The zero-order valence-corrected chi connectivity index (χ0v) is 18.2. The standard InChI is InChI=1S/C20H23Cl2N5O2/c1-12-5-4-8-26(10-12)19-23-17-16(24(19)2)18(28)27(20(29)25(17)3)11-13-6-7-14(21)9-15(13)22/h6-7,9,12H,4-5,8,10-11H2,1-3H3/t12-/m0/s1. The van der Waals surface area contributed by atoms with Crippen LogP contribution < -0.4 is 16.1 Å². The summed E-state index contributed by atoms with van der Waals surface area (Å²) in [5.41, 5.74) is 0.659. The Bertz CT molecular complexity index is 1210. The summed E-state index contributed by atoms with van der Waals surface area (Å²) < 4.78 is 4.42. The third-order valence-corrected chi connectivity index (χ3v) is 6.21. The molecule has 29 heavy (non-hydrogen) atoms. The Kier molecular flexibility index (Phi) is 5.21. The number of aryl methyl sites for hydroxylation is 2. The second kappa shape index (κ2) is 7.54. The number of imidazole rings is 1. The highest BCUT2D eigenvalue weighted by molar-refractivity contribution is 6.35. The highest BCUT2D eigenvalue weighted by Crippen LogP contribution is 2.24. The van der Waals surface area contributed by atoms with Gasteiger partial charge in [0.25, 0.3) is 5.56 Å². The monoisotopic (exact) mass is 435 g/mol. The fraction of sp³-hybridized carbons (Fsp3) is 0.450. The number of fused-ring (bicyclic) bond motifs is 1. The van der Waals surface area contributed by atoms with Crippen LogP contribution in [0.3, 0.4) is 0 Å². The van der Waals surface area contributed by atoms with E-state index >= 15 is 0 Å². The number of halogens is 2. The Balaban J connectivity index is 1.86. The molecule has 0 spiro atoms. The van der Waals surface area contributed by atoms with E-state index in [-0.39, 0.29) is 12.1 Å². The zero-order chi connectivity index (χ0) is 20.9. The summed E-state index contributed by atoms with van der Waals surface area (Å²) in [4.78, 5) is 33.1. The minimum Gasteiger partial charge on any atom is -0.342 e. The van der Waals surface area contributed by atoms with Crippen LogP contribution in [0.5, 0.6) is 0 Å². The molecule has 1 fully saturated rings. The van der Waals surface area contributed by atoms with Gasteiger partial charge >= 0.3 is 5.69 Å². The van der Waals surface area contributed by atoms with E-state index in [0.29, 0.717) is 32.7 Å². The van der Waals surface area contributed by atoms with E-state index in [4.69, 9.17) is 23.2 Å². The first-order valence-electron chi connectivity index (χ1n) is 9.63. The van der Waals surface area contributed by atoms with E-state index in [1.807, 2.05) is 7.05 Å². The van der Waals surface area contributed by atoms with Gasteiger partial charge in [-0.1, -0.05) is 36.2 Å². The van der Waals surface area contributed by atoms with Crippen LogP contribution in [0.25, 0.3) is 11.2 Å². The molecule has 2 aromatic heterocycles. The highest BCUT2D eigenvalue weighted by atomic mass is 35.5. The van der Waals surface area contributed by atoms with Crippen molar-refractivity contribution in [3.05, 3.63) is 54.6 Å². The van der Waals surface area contributed by atoms with Gasteiger partial charge in [0.05, 0.1) is 6.54 Å². The Morgan fingerprint density at radius 1 is 1.17 bits per heavy atom. The van der Waals surface area contributed by atoms with E-state index in [1.54, 1.807) is 29.8 Å². The minimum absolute atomic E-state index is 0.0682. The van der Waals surface area contributed by atoms with Crippen molar-refractivity contribution in [1.82, 2.24) is 18.7 Å². The summed E-state index contributed by atoms with van der Waals surface area (Å²) in [6.45, 7) is 4.07. The van der Waals surface area contributed by atoms with E-state index in [9.17, 15) is 9.59 Å². The number of anilines is 1. The van der Waals surface area contributed by atoms with Crippen molar-refractivity contribution in [2.24, 2.45) is 20.0 Å². The quantitative estimate of drug-likeness (QED) is 0.633. The number of rotatable bonds is 3. The van der Waals surface area contributed by atoms with E-state index in [2.05, 4.69) is 16.8 Å². The van der Waals surface area contributed by atoms with Crippen LogP contribution in [0.4, 0.5) is 5.95 Å². The van der Waals surface area contributed by atoms with Crippen LogP contribution in [-0.2, 0) is 20.6 Å². The molecule has 0 N–H and O–H groups in total. The molecule has 3 heterocycles. The Morgan fingerprint density at radius 3 is 2.62 bits per heavy atom. The van der Waals surface area contributed by atoms with E-state index in [0.717, 1.165) is 25.5 Å². The lowest BCUT2D eigenvalue weighted by atomic mass is 10.0. The average molecular weight is 436 g/mol. The predicted molar refractivity (Wildman–Crippen MR) is 116 cm³/mol. The molecule has 0 amide bonds. The van der Waals surface area contributed by atoms with Gasteiger partial charge in [-0.15, -0.1) is 0 Å². The molecule has 0 bridgehead atoms. The van der Waals surface area contributed by atoms with Crippen LogP contribution in [0.1, 0.15) is 25.3 Å². The molecular weight excluding hydrogens is 413 g/mol. The van der Waals surface area contributed by atoms with E-state index < -0.39 is 5.69 Å². The summed E-state index contributed by atoms with van der Waals surface area (Å²) in [6.07, 6.45) is 2.27. The van der Waals surface area contributed by atoms with Gasteiger partial charge in [0.2, 0.25) is 5.95 Å². The Morgan fingerprint density at radius 2 is 1.93 bits per heavy atom. The van der Waals surface area contributed by atoms with Gasteiger partial charge in [0.15, 0.2) is 11.2 Å². The van der Waals surface area contributed by atoms with Crippen LogP contribution in [0.2, 0.25) is 10.0 Å². The van der Waals surface area contributed by atoms with Crippen molar-refractivity contribution in [3.63, 3.8) is 0 Å². The van der Waals surface area contributed by atoms with Gasteiger partial charge in [-0.05, 0) is 36.5 Å². The fourth-order valence-electron chi connectivity index (χ4n) is 4.05. The van der Waals surface area contributed by atoms with Crippen LogP contribution in [0, 0.1) is 5.92 Å². The summed E-state index contributed by atoms with van der Waals surface area (Å²) >= 11 is 12.2. The lowest BCUT2D eigenvalue weighted by molar-refractivity contribution is 0.440. The van der Waals surface area contributed by atoms with Crippen molar-refractivity contribution in [1.29, 1.82) is 0 Å². The molecule has 4 rings (SSSR count). The third kappa shape index (κ3) is 3.46. The second-order valence-corrected chi connectivity index (χ2v) is 8.65. The molecule has 154 valence electrons. The molecular formula is C20H23Cl2N5O2. The van der Waals surface area contributed by atoms with Crippen LogP contribution >= 0.6 is 23.2 Å². The van der Waals surface area contributed by atoms with Crippen molar-refractivity contribution in [2.75, 3.05) is 18.0 Å². The lowest BCUT2D eigenvalue weighted by Crippen LogP contribution is -2.40. The minimum atomic E-state index is -0.426. The predicted octanol–water partition coefficient (Wildman–Crippen LogP) is 3.03. The number of aromatic nitrogens is 4. The number of benzene rings is 1. The largest absolute Gasteiger partial charge is 0.342 e. The smallest absolute Gasteiger partial charge is 0.332 e. The van der Waals surface area contributed by atoms with Crippen molar-refractivity contribution >= 4 is 40.3 Å². The van der Waals surface area contributed by atoms with Gasteiger partial charge in [-0.3, -0.25) is 13.9 Å². The molecule has 0 radical (unpaired) electrons. The SMILES string of the molecule is C[C@H]1CCCN(c2nc3c(c(=O)n(Cc4ccc(Cl)cc4Cl)c(=O)n3C)n2C)C1. The van der Waals surface area contributed by atoms with Gasteiger partial charge in [-0.25, -0.2) is 4.79 Å².